The van der Waals surface area contributed by atoms with Crippen molar-refractivity contribution < 1.29 is 14.3 Å². The van der Waals surface area contributed by atoms with Crippen LogP contribution in [0.2, 0.25) is 0 Å². The van der Waals surface area contributed by atoms with E-state index in [0.29, 0.717) is 18.0 Å². The van der Waals surface area contributed by atoms with E-state index in [1.807, 2.05) is 6.07 Å². The van der Waals surface area contributed by atoms with Crippen LogP contribution in [0, 0.1) is 0 Å². The maximum Gasteiger partial charge on any atom is 0.265 e. The fourth-order valence-electron chi connectivity index (χ4n) is 1.70. The van der Waals surface area contributed by atoms with E-state index in [0.717, 1.165) is 5.56 Å². The third kappa shape index (κ3) is 2.21. The molecule has 0 bridgehead atoms. The van der Waals surface area contributed by atoms with Gasteiger partial charge < -0.3 is 16.2 Å². The van der Waals surface area contributed by atoms with Crippen molar-refractivity contribution in [1.29, 1.82) is 0 Å². The Hall–Kier alpha value is -2.08. The number of carbonyl (C=O) groups is 2. The molecule has 90 valence electrons. The summed E-state index contributed by atoms with van der Waals surface area (Å²) in [7, 11) is 0. The van der Waals surface area contributed by atoms with Gasteiger partial charge in [0.2, 0.25) is 5.91 Å². The maximum absolute atomic E-state index is 11.7. The number of amides is 2. The Morgan fingerprint density at radius 1 is 1.47 bits per heavy atom. The number of primary amides is 1. The van der Waals surface area contributed by atoms with E-state index >= 15 is 0 Å². The fourth-order valence-corrected chi connectivity index (χ4v) is 1.70. The molecule has 6 heteroatoms. The molecule has 0 saturated carbocycles. The van der Waals surface area contributed by atoms with E-state index in [1.54, 1.807) is 12.1 Å². The average molecular weight is 235 g/mol. The van der Waals surface area contributed by atoms with Crippen LogP contribution in [0.15, 0.2) is 18.2 Å². The molecule has 0 aromatic heterocycles. The second-order valence-corrected chi connectivity index (χ2v) is 3.74. The van der Waals surface area contributed by atoms with Crippen molar-refractivity contribution in [1.82, 2.24) is 0 Å². The Labute approximate surface area is 98.1 Å². The zero-order chi connectivity index (χ0) is 12.4. The van der Waals surface area contributed by atoms with Crippen LogP contribution in [-0.4, -0.2) is 25.0 Å². The first-order chi connectivity index (χ1) is 8.11. The second kappa shape index (κ2) is 4.42. The molecule has 0 unspecified atom stereocenters. The lowest BCUT2D eigenvalue weighted by atomic mass is 10.1. The molecule has 0 atom stereocenters. The Morgan fingerprint density at radius 2 is 2.24 bits per heavy atom. The number of ether oxygens (including phenoxy) is 1. The van der Waals surface area contributed by atoms with E-state index in [4.69, 9.17) is 16.2 Å². The number of hydrogen-bond donors (Lipinski definition) is 2. The van der Waals surface area contributed by atoms with Gasteiger partial charge in [-0.15, -0.1) is 0 Å². The van der Waals surface area contributed by atoms with Gasteiger partial charge in [0.05, 0.1) is 5.69 Å². The monoisotopic (exact) mass is 235 g/mol. The Morgan fingerprint density at radius 3 is 2.88 bits per heavy atom. The highest BCUT2D eigenvalue weighted by atomic mass is 16.5. The minimum atomic E-state index is -0.565. The van der Waals surface area contributed by atoms with Gasteiger partial charge in [-0.1, -0.05) is 6.07 Å². The van der Waals surface area contributed by atoms with Gasteiger partial charge in [0.1, 0.15) is 12.3 Å². The largest absolute Gasteiger partial charge is 0.482 e. The first kappa shape index (κ1) is 11.4. The number of nitrogens with zero attached hydrogens (tertiary/aromatic N) is 1. The molecule has 1 aliphatic heterocycles. The molecule has 1 heterocycles. The molecule has 2 rings (SSSR count). The lowest BCUT2D eigenvalue weighted by molar-refractivity contribution is -0.124. The minimum Gasteiger partial charge on any atom is -0.482 e. The lowest BCUT2D eigenvalue weighted by Gasteiger charge is -2.28. The quantitative estimate of drug-likeness (QED) is 0.727. The van der Waals surface area contributed by atoms with Crippen molar-refractivity contribution in [2.75, 3.05) is 18.1 Å². The summed E-state index contributed by atoms with van der Waals surface area (Å²) in [5, 5.41) is 0. The molecule has 2 amide bonds. The molecule has 0 fully saturated rings. The van der Waals surface area contributed by atoms with Crippen LogP contribution in [-0.2, 0) is 16.1 Å². The standard InChI is InChI=1S/C11H13N3O3/c12-4-7-1-2-9-8(3-7)14(5-10(13)15)11(16)6-17-9/h1-3H,4-6,12H2,(H2,13,15). The van der Waals surface area contributed by atoms with Gasteiger partial charge >= 0.3 is 0 Å². The first-order valence-corrected chi connectivity index (χ1v) is 5.16. The summed E-state index contributed by atoms with van der Waals surface area (Å²) in [5.74, 6) is -0.294. The van der Waals surface area contributed by atoms with Gasteiger partial charge in [-0.25, -0.2) is 0 Å². The molecule has 1 aromatic rings. The number of hydrogen-bond acceptors (Lipinski definition) is 4. The van der Waals surface area contributed by atoms with Gasteiger partial charge in [-0.05, 0) is 17.7 Å². The van der Waals surface area contributed by atoms with Crippen LogP contribution in [0.1, 0.15) is 5.56 Å². The fraction of sp³-hybridized carbons (Fsp3) is 0.273. The predicted octanol–water partition coefficient (Wildman–Crippen LogP) is -0.644. The number of anilines is 1. The third-order valence-corrected chi connectivity index (χ3v) is 2.52. The van der Waals surface area contributed by atoms with Crippen molar-refractivity contribution in [3.8, 4) is 5.75 Å². The van der Waals surface area contributed by atoms with Crippen LogP contribution in [0.25, 0.3) is 0 Å². The zero-order valence-electron chi connectivity index (χ0n) is 9.18. The van der Waals surface area contributed by atoms with Crippen molar-refractivity contribution in [3.05, 3.63) is 23.8 Å². The summed E-state index contributed by atoms with van der Waals surface area (Å²) in [5.41, 5.74) is 12.0. The van der Waals surface area contributed by atoms with Crippen LogP contribution in [0.4, 0.5) is 5.69 Å². The number of carbonyl (C=O) groups excluding carboxylic acids is 2. The Bertz CT molecular complexity index is 473. The molecule has 0 saturated heterocycles. The normalized spacial score (nSPS) is 14.2. The van der Waals surface area contributed by atoms with Crippen molar-refractivity contribution in [2.45, 2.75) is 6.54 Å². The third-order valence-electron chi connectivity index (χ3n) is 2.52. The summed E-state index contributed by atoms with van der Waals surface area (Å²) in [6, 6.07) is 5.28. The number of rotatable bonds is 3. The minimum absolute atomic E-state index is 0.0811. The number of nitrogens with two attached hydrogens (primary N) is 2. The Balaban J connectivity index is 2.41. The first-order valence-electron chi connectivity index (χ1n) is 5.16. The van der Waals surface area contributed by atoms with E-state index in [2.05, 4.69) is 0 Å². The average Bonchev–Trinajstić information content (AvgIpc) is 2.32. The van der Waals surface area contributed by atoms with Crippen molar-refractivity contribution in [3.63, 3.8) is 0 Å². The molecular formula is C11H13N3O3. The summed E-state index contributed by atoms with van der Waals surface area (Å²) >= 11 is 0. The van der Waals surface area contributed by atoms with E-state index in [1.165, 1.54) is 4.90 Å². The highest BCUT2D eigenvalue weighted by Gasteiger charge is 2.26. The van der Waals surface area contributed by atoms with E-state index in [-0.39, 0.29) is 19.1 Å². The van der Waals surface area contributed by atoms with E-state index < -0.39 is 5.91 Å². The molecule has 0 spiro atoms. The molecule has 0 aliphatic carbocycles. The molecule has 1 aromatic carbocycles. The van der Waals surface area contributed by atoms with Crippen molar-refractivity contribution >= 4 is 17.5 Å². The molecule has 1 aliphatic rings. The topological polar surface area (TPSA) is 98.6 Å². The van der Waals surface area contributed by atoms with Gasteiger partial charge in [-0.3, -0.25) is 14.5 Å². The van der Waals surface area contributed by atoms with Crippen molar-refractivity contribution in [2.24, 2.45) is 11.5 Å². The summed E-state index contributed by atoms with van der Waals surface area (Å²) < 4.78 is 5.26. The molecular weight excluding hydrogens is 222 g/mol. The summed E-state index contributed by atoms with van der Waals surface area (Å²) in [6.07, 6.45) is 0. The maximum atomic E-state index is 11.7. The van der Waals surface area contributed by atoms with Gasteiger partial charge in [0.15, 0.2) is 6.61 Å². The van der Waals surface area contributed by atoms with Gasteiger partial charge in [0.25, 0.3) is 5.91 Å². The Kier molecular flexibility index (Phi) is 2.97. The smallest absolute Gasteiger partial charge is 0.265 e. The predicted molar refractivity (Wildman–Crippen MR) is 61.4 cm³/mol. The van der Waals surface area contributed by atoms with Crippen LogP contribution in [0.5, 0.6) is 5.75 Å². The van der Waals surface area contributed by atoms with Crippen LogP contribution in [0.3, 0.4) is 0 Å². The van der Waals surface area contributed by atoms with E-state index in [9.17, 15) is 9.59 Å². The second-order valence-electron chi connectivity index (χ2n) is 3.74. The lowest BCUT2D eigenvalue weighted by Crippen LogP contribution is -2.43. The SMILES string of the molecule is NCc1ccc2c(c1)N(CC(N)=O)C(=O)CO2. The van der Waals surface area contributed by atoms with Gasteiger partial charge in [0, 0.05) is 6.54 Å². The molecule has 17 heavy (non-hydrogen) atoms. The highest BCUT2D eigenvalue weighted by Crippen LogP contribution is 2.32. The summed E-state index contributed by atoms with van der Waals surface area (Å²) in [6.45, 7) is 0.122. The van der Waals surface area contributed by atoms with Crippen LogP contribution >= 0.6 is 0 Å². The molecule has 6 nitrogen and oxygen atoms in total. The highest BCUT2D eigenvalue weighted by molar-refractivity contribution is 6.01. The number of benzene rings is 1. The summed E-state index contributed by atoms with van der Waals surface area (Å²) in [4.78, 5) is 23.9. The van der Waals surface area contributed by atoms with Gasteiger partial charge in [-0.2, -0.15) is 0 Å². The van der Waals surface area contributed by atoms with Crippen LogP contribution < -0.4 is 21.1 Å². The molecule has 0 radical (unpaired) electrons. The zero-order valence-corrected chi connectivity index (χ0v) is 9.18. The molecule has 4 N–H and O–H groups in total. The number of fused-ring (bicyclic) bond motifs is 1.